The molecule has 0 aliphatic heterocycles. The molecule has 0 heterocycles. The van der Waals surface area contributed by atoms with E-state index >= 15 is 0 Å². The van der Waals surface area contributed by atoms with Gasteiger partial charge in [0.25, 0.3) is 0 Å². The largest absolute Gasteiger partial charge is 0.492 e. The molecule has 4 nitrogen and oxygen atoms in total. The van der Waals surface area contributed by atoms with Gasteiger partial charge in [0.1, 0.15) is 12.4 Å². The summed E-state index contributed by atoms with van der Waals surface area (Å²) in [6, 6.07) is 30.1. The minimum absolute atomic E-state index is 0.00326. The molecule has 0 aromatic heterocycles. The molecule has 28 heavy (non-hydrogen) atoms. The summed E-state index contributed by atoms with van der Waals surface area (Å²) in [4.78, 5) is 14.6. The van der Waals surface area contributed by atoms with Crippen LogP contribution in [0.3, 0.4) is 0 Å². The van der Waals surface area contributed by atoms with Crippen molar-refractivity contribution in [3.63, 3.8) is 0 Å². The van der Waals surface area contributed by atoms with Crippen molar-refractivity contribution in [2.24, 2.45) is 0 Å². The molecule has 0 atom stereocenters. The third-order valence-corrected chi connectivity index (χ3v) is 4.30. The molecule has 0 aliphatic rings. The highest BCUT2D eigenvalue weighted by molar-refractivity contribution is 5.78. The van der Waals surface area contributed by atoms with Crippen LogP contribution in [-0.4, -0.2) is 30.5 Å². The quantitative estimate of drug-likeness (QED) is 0.548. The fourth-order valence-corrected chi connectivity index (χ4v) is 2.99. The first-order valence-electron chi connectivity index (χ1n) is 9.54. The highest BCUT2D eigenvalue weighted by Gasteiger charge is 2.12. The summed E-state index contributed by atoms with van der Waals surface area (Å²) in [5.74, 6) is 0.815. The van der Waals surface area contributed by atoms with E-state index in [9.17, 15) is 4.79 Å². The number of nitrogens with one attached hydrogen (secondary N) is 1. The van der Waals surface area contributed by atoms with E-state index < -0.39 is 0 Å². The lowest BCUT2D eigenvalue weighted by Crippen LogP contribution is -2.38. The van der Waals surface area contributed by atoms with Crippen molar-refractivity contribution >= 4 is 5.91 Å². The second kappa shape index (κ2) is 10.9. The highest BCUT2D eigenvalue weighted by Crippen LogP contribution is 2.10. The molecule has 0 spiro atoms. The first kappa shape index (κ1) is 19.6. The van der Waals surface area contributed by atoms with Gasteiger partial charge in [-0.3, -0.25) is 9.69 Å². The van der Waals surface area contributed by atoms with Gasteiger partial charge in [0.2, 0.25) is 5.91 Å². The average Bonchev–Trinajstić information content (AvgIpc) is 2.73. The molecule has 1 N–H and O–H groups in total. The van der Waals surface area contributed by atoms with Crippen LogP contribution in [0.25, 0.3) is 0 Å². The number of ether oxygens (including phenoxy) is 1. The van der Waals surface area contributed by atoms with Crippen molar-refractivity contribution in [3.05, 3.63) is 102 Å². The maximum Gasteiger partial charge on any atom is 0.234 e. The van der Waals surface area contributed by atoms with Crippen molar-refractivity contribution in [2.45, 2.75) is 13.1 Å². The fraction of sp³-hybridized carbons (Fsp3) is 0.208. The Kier molecular flexibility index (Phi) is 7.65. The molecule has 1 amide bonds. The molecule has 144 valence electrons. The molecular weight excluding hydrogens is 348 g/mol. The SMILES string of the molecule is O=C(CN(Cc1ccccc1)Cc1ccccc1)NCCOc1ccccc1. The lowest BCUT2D eigenvalue weighted by atomic mass is 10.1. The van der Waals surface area contributed by atoms with E-state index in [0.29, 0.717) is 19.7 Å². The molecule has 3 aromatic rings. The molecule has 0 saturated carbocycles. The molecule has 0 saturated heterocycles. The second-order valence-corrected chi connectivity index (χ2v) is 6.63. The van der Waals surface area contributed by atoms with E-state index in [1.165, 1.54) is 11.1 Å². The first-order chi connectivity index (χ1) is 13.8. The molecule has 0 fully saturated rings. The van der Waals surface area contributed by atoms with E-state index in [4.69, 9.17) is 4.74 Å². The monoisotopic (exact) mass is 374 g/mol. The molecule has 0 aliphatic carbocycles. The van der Waals surface area contributed by atoms with E-state index in [0.717, 1.165) is 18.8 Å². The van der Waals surface area contributed by atoms with Crippen LogP contribution in [0.1, 0.15) is 11.1 Å². The maximum atomic E-state index is 12.4. The predicted octanol–water partition coefficient (Wildman–Crippen LogP) is 3.88. The number of carbonyl (C=O) groups excluding carboxylic acids is 1. The van der Waals surface area contributed by atoms with Crippen molar-refractivity contribution in [3.8, 4) is 5.75 Å². The molecule has 3 aromatic carbocycles. The van der Waals surface area contributed by atoms with Crippen molar-refractivity contribution < 1.29 is 9.53 Å². The Labute approximate surface area is 166 Å². The fourth-order valence-electron chi connectivity index (χ4n) is 2.99. The van der Waals surface area contributed by atoms with Gasteiger partial charge in [-0.15, -0.1) is 0 Å². The van der Waals surface area contributed by atoms with E-state index in [-0.39, 0.29) is 5.91 Å². The number of amides is 1. The van der Waals surface area contributed by atoms with Crippen molar-refractivity contribution in [2.75, 3.05) is 19.7 Å². The number of benzene rings is 3. The molecule has 4 heteroatoms. The summed E-state index contributed by atoms with van der Waals surface area (Å²) < 4.78 is 5.62. The van der Waals surface area contributed by atoms with Gasteiger partial charge >= 0.3 is 0 Å². The number of para-hydroxylation sites is 1. The van der Waals surface area contributed by atoms with Gasteiger partial charge in [0.05, 0.1) is 13.1 Å². The minimum atomic E-state index is 0.00326. The summed E-state index contributed by atoms with van der Waals surface area (Å²) >= 11 is 0. The van der Waals surface area contributed by atoms with Crippen LogP contribution in [0, 0.1) is 0 Å². The van der Waals surface area contributed by atoms with Gasteiger partial charge in [-0.05, 0) is 23.3 Å². The second-order valence-electron chi connectivity index (χ2n) is 6.63. The van der Waals surface area contributed by atoms with Gasteiger partial charge in [-0.1, -0.05) is 78.9 Å². The van der Waals surface area contributed by atoms with Crippen LogP contribution in [0.2, 0.25) is 0 Å². The summed E-state index contributed by atoms with van der Waals surface area (Å²) in [5, 5.41) is 2.95. The summed E-state index contributed by atoms with van der Waals surface area (Å²) in [6.45, 7) is 2.73. The number of hydrogen-bond acceptors (Lipinski definition) is 3. The zero-order valence-electron chi connectivity index (χ0n) is 16.0. The number of hydrogen-bond donors (Lipinski definition) is 1. The van der Waals surface area contributed by atoms with Crippen LogP contribution in [0.15, 0.2) is 91.0 Å². The smallest absolute Gasteiger partial charge is 0.234 e. The van der Waals surface area contributed by atoms with Crippen LogP contribution >= 0.6 is 0 Å². The lowest BCUT2D eigenvalue weighted by Gasteiger charge is -2.22. The summed E-state index contributed by atoms with van der Waals surface area (Å²) in [7, 11) is 0. The summed E-state index contributed by atoms with van der Waals surface area (Å²) in [5.41, 5.74) is 2.39. The summed E-state index contributed by atoms with van der Waals surface area (Å²) in [6.07, 6.45) is 0. The Bertz CT molecular complexity index is 781. The maximum absolute atomic E-state index is 12.4. The molecule has 0 radical (unpaired) electrons. The Morgan fingerprint density at radius 2 is 1.25 bits per heavy atom. The Balaban J connectivity index is 1.50. The standard InChI is InChI=1S/C24H26N2O2/c27-24(25-16-17-28-23-14-8-3-9-15-23)20-26(18-21-10-4-1-5-11-21)19-22-12-6-2-7-13-22/h1-15H,16-20H2,(H,25,27). The Hall–Kier alpha value is -3.11. The molecule has 3 rings (SSSR count). The van der Waals surface area contributed by atoms with E-state index in [1.807, 2.05) is 66.7 Å². The van der Waals surface area contributed by atoms with Crippen LogP contribution in [0.5, 0.6) is 5.75 Å². The minimum Gasteiger partial charge on any atom is -0.492 e. The topological polar surface area (TPSA) is 41.6 Å². The lowest BCUT2D eigenvalue weighted by molar-refractivity contribution is -0.122. The predicted molar refractivity (Wildman–Crippen MR) is 112 cm³/mol. The zero-order valence-corrected chi connectivity index (χ0v) is 16.0. The van der Waals surface area contributed by atoms with Gasteiger partial charge in [-0.25, -0.2) is 0 Å². The molecular formula is C24H26N2O2. The van der Waals surface area contributed by atoms with E-state index in [2.05, 4.69) is 34.5 Å². The van der Waals surface area contributed by atoms with Gasteiger partial charge < -0.3 is 10.1 Å². The molecule has 0 unspecified atom stereocenters. The number of carbonyl (C=O) groups is 1. The van der Waals surface area contributed by atoms with Crippen LogP contribution in [0.4, 0.5) is 0 Å². The van der Waals surface area contributed by atoms with Crippen LogP contribution < -0.4 is 10.1 Å². The highest BCUT2D eigenvalue weighted by atomic mass is 16.5. The van der Waals surface area contributed by atoms with E-state index in [1.54, 1.807) is 0 Å². The zero-order chi connectivity index (χ0) is 19.4. The van der Waals surface area contributed by atoms with Crippen molar-refractivity contribution in [1.29, 1.82) is 0 Å². The Morgan fingerprint density at radius 3 is 1.79 bits per heavy atom. The van der Waals surface area contributed by atoms with Gasteiger partial charge in [0.15, 0.2) is 0 Å². The third kappa shape index (κ3) is 6.89. The Morgan fingerprint density at radius 1 is 0.750 bits per heavy atom. The van der Waals surface area contributed by atoms with Gasteiger partial charge in [0, 0.05) is 13.1 Å². The number of rotatable bonds is 10. The third-order valence-electron chi connectivity index (χ3n) is 4.30. The number of nitrogens with zero attached hydrogens (tertiary/aromatic N) is 1. The average molecular weight is 374 g/mol. The van der Waals surface area contributed by atoms with Gasteiger partial charge in [-0.2, -0.15) is 0 Å². The normalized spacial score (nSPS) is 10.6. The first-order valence-corrected chi connectivity index (χ1v) is 9.54. The molecule has 0 bridgehead atoms. The van der Waals surface area contributed by atoms with Crippen molar-refractivity contribution in [1.82, 2.24) is 10.2 Å². The van der Waals surface area contributed by atoms with Crippen LogP contribution in [-0.2, 0) is 17.9 Å².